The smallest absolute Gasteiger partial charge is 0.254 e. The van der Waals surface area contributed by atoms with Gasteiger partial charge >= 0.3 is 0 Å². The third-order valence-corrected chi connectivity index (χ3v) is 4.66. The van der Waals surface area contributed by atoms with Gasteiger partial charge < -0.3 is 19.0 Å². The molecule has 0 spiro atoms. The van der Waals surface area contributed by atoms with Crippen LogP contribution in [0.25, 0.3) is 21.9 Å². The molecule has 26 heavy (non-hydrogen) atoms. The minimum atomic E-state index is -0.265. The molecule has 1 amide bonds. The molecule has 0 bridgehead atoms. The molecule has 0 fully saturated rings. The van der Waals surface area contributed by atoms with Crippen LogP contribution in [0.15, 0.2) is 59.1 Å². The summed E-state index contributed by atoms with van der Waals surface area (Å²) in [5.41, 5.74) is 2.37. The van der Waals surface area contributed by atoms with Crippen molar-refractivity contribution in [1.82, 2.24) is 9.88 Å². The van der Waals surface area contributed by atoms with Gasteiger partial charge in [0.2, 0.25) is 0 Å². The number of amides is 1. The number of benzene rings is 2. The van der Waals surface area contributed by atoms with Crippen molar-refractivity contribution in [2.45, 2.75) is 13.0 Å². The first kappa shape index (κ1) is 16.3. The number of nitrogens with one attached hydrogen (secondary N) is 1. The Hall–Kier alpha value is -3.21. The highest BCUT2D eigenvalue weighted by Gasteiger charge is 2.19. The number of aromatic nitrogens is 1. The Morgan fingerprint density at radius 1 is 1.19 bits per heavy atom. The van der Waals surface area contributed by atoms with Gasteiger partial charge in [0.05, 0.1) is 18.7 Å². The molecule has 1 unspecified atom stereocenters. The van der Waals surface area contributed by atoms with E-state index in [1.165, 1.54) is 0 Å². The topological polar surface area (TPSA) is 56.4 Å². The van der Waals surface area contributed by atoms with Crippen molar-refractivity contribution in [1.29, 1.82) is 0 Å². The van der Waals surface area contributed by atoms with Crippen LogP contribution in [0, 0.1) is 0 Å². The number of furan rings is 1. The van der Waals surface area contributed by atoms with Gasteiger partial charge in [-0.2, -0.15) is 0 Å². The minimum Gasteiger partial charge on any atom is -0.493 e. The second-order valence-corrected chi connectivity index (χ2v) is 6.39. The van der Waals surface area contributed by atoms with Gasteiger partial charge in [-0.15, -0.1) is 0 Å². The number of nitrogens with zero attached hydrogens (tertiary/aromatic N) is 1. The third-order valence-electron chi connectivity index (χ3n) is 4.66. The van der Waals surface area contributed by atoms with Gasteiger partial charge in [-0.1, -0.05) is 30.3 Å². The molecule has 5 nitrogen and oxygen atoms in total. The van der Waals surface area contributed by atoms with Crippen LogP contribution in [-0.2, 0) is 7.05 Å². The first-order valence-corrected chi connectivity index (χ1v) is 8.50. The van der Waals surface area contributed by atoms with Gasteiger partial charge in [-0.3, -0.25) is 4.79 Å². The molecular formula is C21H20N2O3. The Balaban J connectivity index is 1.63. The van der Waals surface area contributed by atoms with Crippen LogP contribution in [-0.4, -0.2) is 17.6 Å². The fraction of sp³-hybridized carbons (Fsp3) is 0.190. The number of hydrogen-bond acceptors (Lipinski definition) is 3. The standard InChI is InChI=1S/C21H20N2O3/c1-13(19-11-14-7-6-10-18(25-3)20(14)26-19)22-21(24)16-12-23(2)17-9-5-4-8-15(16)17/h4-13H,1-3H3,(H,22,24). The summed E-state index contributed by atoms with van der Waals surface area (Å²) < 4.78 is 13.2. The molecule has 0 aliphatic carbocycles. The quantitative estimate of drug-likeness (QED) is 0.594. The van der Waals surface area contributed by atoms with Gasteiger partial charge in [0.1, 0.15) is 5.76 Å². The molecule has 0 saturated heterocycles. The van der Waals surface area contributed by atoms with Crippen LogP contribution in [0.5, 0.6) is 5.75 Å². The van der Waals surface area contributed by atoms with E-state index in [9.17, 15) is 4.79 Å². The van der Waals surface area contributed by atoms with E-state index in [1.807, 2.05) is 73.3 Å². The maximum absolute atomic E-state index is 12.8. The number of para-hydroxylation sites is 2. The highest BCUT2D eigenvalue weighted by molar-refractivity contribution is 6.07. The molecule has 4 rings (SSSR count). The number of rotatable bonds is 4. The lowest BCUT2D eigenvalue weighted by Crippen LogP contribution is -2.26. The summed E-state index contributed by atoms with van der Waals surface area (Å²) in [6.45, 7) is 1.91. The third kappa shape index (κ3) is 2.62. The zero-order valence-corrected chi connectivity index (χ0v) is 14.9. The average molecular weight is 348 g/mol. The lowest BCUT2D eigenvalue weighted by atomic mass is 10.1. The molecule has 0 aliphatic rings. The molecule has 2 heterocycles. The molecule has 2 aromatic carbocycles. The Morgan fingerprint density at radius 3 is 2.81 bits per heavy atom. The van der Waals surface area contributed by atoms with Crippen molar-refractivity contribution in [2.75, 3.05) is 7.11 Å². The zero-order valence-electron chi connectivity index (χ0n) is 14.9. The molecule has 2 aromatic heterocycles. The molecule has 0 radical (unpaired) electrons. The minimum absolute atomic E-state index is 0.123. The van der Waals surface area contributed by atoms with E-state index in [1.54, 1.807) is 7.11 Å². The molecule has 1 atom stereocenters. The highest BCUT2D eigenvalue weighted by atomic mass is 16.5. The van der Waals surface area contributed by atoms with E-state index >= 15 is 0 Å². The van der Waals surface area contributed by atoms with Gasteiger partial charge in [-0.25, -0.2) is 0 Å². The second kappa shape index (κ2) is 6.26. The van der Waals surface area contributed by atoms with Gasteiger partial charge in [0.15, 0.2) is 11.3 Å². The highest BCUT2D eigenvalue weighted by Crippen LogP contribution is 2.31. The van der Waals surface area contributed by atoms with E-state index in [0.29, 0.717) is 22.7 Å². The van der Waals surface area contributed by atoms with Crippen LogP contribution in [0.1, 0.15) is 29.1 Å². The summed E-state index contributed by atoms with van der Waals surface area (Å²) in [5.74, 6) is 1.25. The van der Waals surface area contributed by atoms with Gasteiger partial charge in [-0.05, 0) is 25.1 Å². The van der Waals surface area contributed by atoms with Crippen LogP contribution >= 0.6 is 0 Å². The summed E-state index contributed by atoms with van der Waals surface area (Å²) >= 11 is 0. The van der Waals surface area contributed by atoms with E-state index in [2.05, 4.69) is 5.32 Å². The molecule has 132 valence electrons. The zero-order chi connectivity index (χ0) is 18.3. The van der Waals surface area contributed by atoms with Crippen molar-refractivity contribution >= 4 is 27.8 Å². The van der Waals surface area contributed by atoms with Crippen molar-refractivity contribution in [2.24, 2.45) is 7.05 Å². The number of carbonyl (C=O) groups is 1. The van der Waals surface area contributed by atoms with Crippen LogP contribution in [0.4, 0.5) is 0 Å². The Morgan fingerprint density at radius 2 is 2.00 bits per heavy atom. The van der Waals surface area contributed by atoms with Crippen molar-refractivity contribution in [3.05, 3.63) is 66.1 Å². The molecule has 4 aromatic rings. The Kier molecular flexibility index (Phi) is 3.92. The number of ether oxygens (including phenoxy) is 1. The average Bonchev–Trinajstić information content (AvgIpc) is 3.23. The predicted octanol–water partition coefficient (Wildman–Crippen LogP) is 4.42. The van der Waals surface area contributed by atoms with E-state index in [0.717, 1.165) is 16.3 Å². The van der Waals surface area contributed by atoms with Gasteiger partial charge in [0.25, 0.3) is 5.91 Å². The van der Waals surface area contributed by atoms with E-state index in [4.69, 9.17) is 9.15 Å². The number of carbonyl (C=O) groups excluding carboxylic acids is 1. The molecule has 5 heteroatoms. The lowest BCUT2D eigenvalue weighted by molar-refractivity contribution is 0.0937. The number of hydrogen-bond donors (Lipinski definition) is 1. The number of methoxy groups -OCH3 is 1. The summed E-state index contributed by atoms with van der Waals surface area (Å²) in [4.78, 5) is 12.8. The maximum atomic E-state index is 12.8. The molecular weight excluding hydrogens is 328 g/mol. The second-order valence-electron chi connectivity index (χ2n) is 6.39. The fourth-order valence-corrected chi connectivity index (χ4v) is 3.30. The SMILES string of the molecule is COc1cccc2cc(C(C)NC(=O)c3cn(C)c4ccccc34)oc12. The molecule has 1 N–H and O–H groups in total. The number of fused-ring (bicyclic) bond motifs is 2. The summed E-state index contributed by atoms with van der Waals surface area (Å²) in [5, 5.41) is 4.92. The first-order valence-electron chi connectivity index (χ1n) is 8.50. The van der Waals surface area contributed by atoms with Crippen molar-refractivity contribution < 1.29 is 13.9 Å². The largest absolute Gasteiger partial charge is 0.493 e. The van der Waals surface area contributed by atoms with Gasteiger partial charge in [0, 0.05) is 29.5 Å². The summed E-state index contributed by atoms with van der Waals surface area (Å²) in [7, 11) is 3.55. The summed E-state index contributed by atoms with van der Waals surface area (Å²) in [6.07, 6.45) is 1.86. The predicted molar refractivity (Wildman–Crippen MR) is 102 cm³/mol. The monoisotopic (exact) mass is 348 g/mol. The lowest BCUT2D eigenvalue weighted by Gasteiger charge is -2.11. The van der Waals surface area contributed by atoms with Crippen LogP contribution < -0.4 is 10.1 Å². The maximum Gasteiger partial charge on any atom is 0.254 e. The van der Waals surface area contributed by atoms with E-state index < -0.39 is 0 Å². The van der Waals surface area contributed by atoms with E-state index in [-0.39, 0.29) is 11.9 Å². The summed E-state index contributed by atoms with van der Waals surface area (Å²) in [6, 6.07) is 15.3. The number of aryl methyl sites for hydroxylation is 1. The molecule has 0 aliphatic heterocycles. The normalized spacial score (nSPS) is 12.4. The fourth-order valence-electron chi connectivity index (χ4n) is 3.30. The Labute approximate surface area is 151 Å². The van der Waals surface area contributed by atoms with Crippen LogP contribution in [0.3, 0.4) is 0 Å². The van der Waals surface area contributed by atoms with Crippen molar-refractivity contribution in [3.63, 3.8) is 0 Å². The molecule has 0 saturated carbocycles. The Bertz CT molecular complexity index is 1110. The van der Waals surface area contributed by atoms with Crippen molar-refractivity contribution in [3.8, 4) is 5.75 Å². The van der Waals surface area contributed by atoms with Crippen LogP contribution in [0.2, 0.25) is 0 Å². The first-order chi connectivity index (χ1) is 12.6.